The van der Waals surface area contributed by atoms with Gasteiger partial charge in [0.15, 0.2) is 0 Å². The Labute approximate surface area is 94.0 Å². The second-order valence-electron chi connectivity index (χ2n) is 4.53. The molecule has 0 spiro atoms. The number of halogens is 3. The van der Waals surface area contributed by atoms with Gasteiger partial charge in [0.1, 0.15) is 11.6 Å². The molecule has 0 bridgehead atoms. The lowest BCUT2D eigenvalue weighted by molar-refractivity contribution is -0.157. The molecule has 1 aliphatic heterocycles. The molecule has 0 radical (unpaired) electrons. The summed E-state index contributed by atoms with van der Waals surface area (Å²) in [5.74, 6) is -3.39. The highest BCUT2D eigenvalue weighted by atomic mass is 35.5. The highest BCUT2D eigenvalue weighted by Crippen LogP contribution is 2.26. The molecule has 1 saturated heterocycles. The first-order chi connectivity index (χ1) is 6.20. The van der Waals surface area contributed by atoms with Crippen LogP contribution in [-0.2, 0) is 9.53 Å². The standard InChI is InChI=1S/C9H15F2NO2.ClH/c1-8(2,3)14-7(13)6-4-9(10,11)5-12-6;/h6,12H,4-5H2,1-3H3;1H/t6-;/m1./s1. The molecule has 3 nitrogen and oxygen atoms in total. The molecule has 0 saturated carbocycles. The fraction of sp³-hybridized carbons (Fsp3) is 0.889. The number of esters is 1. The van der Waals surface area contributed by atoms with E-state index in [9.17, 15) is 13.6 Å². The van der Waals surface area contributed by atoms with Crippen molar-refractivity contribution < 1.29 is 18.3 Å². The summed E-state index contributed by atoms with van der Waals surface area (Å²) in [5, 5.41) is 2.44. The summed E-state index contributed by atoms with van der Waals surface area (Å²) in [5.41, 5.74) is -0.628. The average Bonchev–Trinajstić information content (AvgIpc) is 2.26. The summed E-state index contributed by atoms with van der Waals surface area (Å²) in [4.78, 5) is 11.3. The number of hydrogen-bond donors (Lipinski definition) is 1. The monoisotopic (exact) mass is 243 g/mol. The highest BCUT2D eigenvalue weighted by molar-refractivity contribution is 5.85. The minimum atomic E-state index is -2.79. The van der Waals surface area contributed by atoms with Gasteiger partial charge in [-0.1, -0.05) is 0 Å². The number of carbonyl (C=O) groups is 1. The number of hydrogen-bond acceptors (Lipinski definition) is 3. The van der Waals surface area contributed by atoms with Gasteiger partial charge >= 0.3 is 5.97 Å². The third-order valence-corrected chi connectivity index (χ3v) is 1.80. The Morgan fingerprint density at radius 3 is 2.33 bits per heavy atom. The third kappa shape index (κ3) is 4.75. The van der Waals surface area contributed by atoms with E-state index in [1.807, 2.05) is 0 Å². The number of carbonyl (C=O) groups excluding carboxylic acids is 1. The first kappa shape index (κ1) is 14.6. The largest absolute Gasteiger partial charge is 0.459 e. The molecule has 0 aromatic rings. The van der Waals surface area contributed by atoms with Gasteiger partial charge in [-0.3, -0.25) is 10.1 Å². The zero-order valence-corrected chi connectivity index (χ0v) is 9.79. The minimum absolute atomic E-state index is 0. The van der Waals surface area contributed by atoms with Crippen LogP contribution in [0.15, 0.2) is 0 Å². The molecule has 1 aliphatic rings. The van der Waals surface area contributed by atoms with Gasteiger partial charge in [-0.05, 0) is 20.8 Å². The Balaban J connectivity index is 0.00000196. The summed E-state index contributed by atoms with van der Waals surface area (Å²) < 4.78 is 30.4. The molecule has 1 rings (SSSR count). The topological polar surface area (TPSA) is 38.3 Å². The number of rotatable bonds is 1. The molecule has 15 heavy (non-hydrogen) atoms. The van der Waals surface area contributed by atoms with Crippen LogP contribution in [0.3, 0.4) is 0 Å². The lowest BCUT2D eigenvalue weighted by Crippen LogP contribution is -2.37. The number of ether oxygens (including phenoxy) is 1. The van der Waals surface area contributed by atoms with E-state index in [2.05, 4.69) is 5.32 Å². The maximum Gasteiger partial charge on any atom is 0.323 e. The van der Waals surface area contributed by atoms with Crippen molar-refractivity contribution in [3.05, 3.63) is 0 Å². The van der Waals surface area contributed by atoms with Gasteiger partial charge in [0.2, 0.25) is 0 Å². The van der Waals surface area contributed by atoms with Crippen LogP contribution in [0.2, 0.25) is 0 Å². The predicted molar refractivity (Wildman–Crippen MR) is 54.4 cm³/mol. The van der Waals surface area contributed by atoms with Crippen molar-refractivity contribution in [1.82, 2.24) is 5.32 Å². The van der Waals surface area contributed by atoms with Gasteiger partial charge in [0.05, 0.1) is 6.54 Å². The van der Waals surface area contributed by atoms with Gasteiger partial charge in [0, 0.05) is 6.42 Å². The molecule has 0 aromatic carbocycles. The predicted octanol–water partition coefficient (Wildman–Crippen LogP) is 1.75. The Bertz CT molecular complexity index is 241. The fourth-order valence-electron chi connectivity index (χ4n) is 1.26. The molecule has 0 unspecified atom stereocenters. The second kappa shape index (κ2) is 4.61. The van der Waals surface area contributed by atoms with Gasteiger partial charge in [-0.15, -0.1) is 12.4 Å². The Morgan fingerprint density at radius 2 is 2.00 bits per heavy atom. The van der Waals surface area contributed by atoms with Crippen molar-refractivity contribution in [2.75, 3.05) is 6.54 Å². The van der Waals surface area contributed by atoms with Crippen LogP contribution in [0.1, 0.15) is 27.2 Å². The van der Waals surface area contributed by atoms with Crippen molar-refractivity contribution in [3.8, 4) is 0 Å². The maximum atomic E-state index is 12.7. The summed E-state index contributed by atoms with van der Waals surface area (Å²) in [6.45, 7) is 4.67. The fourth-order valence-corrected chi connectivity index (χ4v) is 1.26. The Hall–Kier alpha value is -0.420. The van der Waals surface area contributed by atoms with E-state index < -0.39 is 36.5 Å². The molecular weight excluding hydrogens is 228 g/mol. The van der Waals surface area contributed by atoms with E-state index in [0.717, 1.165) is 0 Å². The number of nitrogens with one attached hydrogen (secondary N) is 1. The smallest absolute Gasteiger partial charge is 0.323 e. The molecular formula is C9H16ClF2NO2. The van der Waals surface area contributed by atoms with Crippen molar-refractivity contribution >= 4 is 18.4 Å². The van der Waals surface area contributed by atoms with Gasteiger partial charge in [-0.25, -0.2) is 8.78 Å². The minimum Gasteiger partial charge on any atom is -0.459 e. The highest BCUT2D eigenvalue weighted by Gasteiger charge is 2.43. The molecule has 6 heteroatoms. The second-order valence-corrected chi connectivity index (χ2v) is 4.53. The molecule has 1 fully saturated rings. The van der Waals surface area contributed by atoms with Crippen molar-refractivity contribution in [2.24, 2.45) is 0 Å². The van der Waals surface area contributed by atoms with E-state index in [0.29, 0.717) is 0 Å². The zero-order chi connectivity index (χ0) is 11.0. The van der Waals surface area contributed by atoms with Crippen molar-refractivity contribution in [2.45, 2.75) is 44.8 Å². The van der Waals surface area contributed by atoms with Gasteiger partial charge in [-0.2, -0.15) is 0 Å². The maximum absolute atomic E-state index is 12.7. The quantitative estimate of drug-likeness (QED) is 0.713. The van der Waals surface area contributed by atoms with Crippen LogP contribution in [-0.4, -0.2) is 30.1 Å². The lowest BCUT2D eigenvalue weighted by atomic mass is 10.1. The first-order valence-corrected chi connectivity index (χ1v) is 4.54. The van der Waals surface area contributed by atoms with Crippen LogP contribution >= 0.6 is 12.4 Å². The zero-order valence-electron chi connectivity index (χ0n) is 8.97. The molecule has 90 valence electrons. The van der Waals surface area contributed by atoms with Crippen LogP contribution in [0.5, 0.6) is 0 Å². The molecule has 0 aliphatic carbocycles. The van der Waals surface area contributed by atoms with E-state index in [-0.39, 0.29) is 12.4 Å². The van der Waals surface area contributed by atoms with E-state index in [1.165, 1.54) is 0 Å². The number of alkyl halides is 2. The van der Waals surface area contributed by atoms with Crippen LogP contribution in [0, 0.1) is 0 Å². The van der Waals surface area contributed by atoms with Crippen LogP contribution < -0.4 is 5.32 Å². The van der Waals surface area contributed by atoms with Crippen LogP contribution in [0.25, 0.3) is 0 Å². The Kier molecular flexibility index (Phi) is 4.49. The molecule has 1 heterocycles. The van der Waals surface area contributed by atoms with Crippen LogP contribution in [0.4, 0.5) is 8.78 Å². The summed E-state index contributed by atoms with van der Waals surface area (Å²) >= 11 is 0. The van der Waals surface area contributed by atoms with Gasteiger partial charge < -0.3 is 4.74 Å². The van der Waals surface area contributed by atoms with Crippen molar-refractivity contribution in [3.63, 3.8) is 0 Å². The molecule has 1 atom stereocenters. The average molecular weight is 244 g/mol. The third-order valence-electron chi connectivity index (χ3n) is 1.80. The van der Waals surface area contributed by atoms with E-state index >= 15 is 0 Å². The van der Waals surface area contributed by atoms with Crippen molar-refractivity contribution in [1.29, 1.82) is 0 Å². The lowest BCUT2D eigenvalue weighted by Gasteiger charge is -2.21. The van der Waals surface area contributed by atoms with E-state index in [4.69, 9.17) is 4.74 Å². The Morgan fingerprint density at radius 1 is 1.47 bits per heavy atom. The van der Waals surface area contributed by atoms with Gasteiger partial charge in [0.25, 0.3) is 5.92 Å². The normalized spacial score (nSPS) is 24.5. The SMILES string of the molecule is CC(C)(C)OC(=O)[C@H]1CC(F)(F)CN1.Cl. The van der Waals surface area contributed by atoms with E-state index in [1.54, 1.807) is 20.8 Å². The molecule has 0 aromatic heterocycles. The summed E-state index contributed by atoms with van der Waals surface area (Å²) in [7, 11) is 0. The first-order valence-electron chi connectivity index (χ1n) is 4.54. The summed E-state index contributed by atoms with van der Waals surface area (Å²) in [6, 6.07) is -0.871. The molecule has 0 amide bonds. The summed E-state index contributed by atoms with van der Waals surface area (Å²) in [6.07, 6.45) is -0.470. The molecule has 1 N–H and O–H groups in total.